The highest BCUT2D eigenvalue weighted by Gasteiger charge is 2.01. The van der Waals surface area contributed by atoms with Crippen LogP contribution < -0.4 is 10.1 Å². The van der Waals surface area contributed by atoms with Gasteiger partial charge in [0.1, 0.15) is 11.6 Å². The largest absolute Gasteiger partial charge is 0.497 e. The van der Waals surface area contributed by atoms with Gasteiger partial charge in [-0.15, -0.1) is 0 Å². The molecule has 0 saturated heterocycles. The van der Waals surface area contributed by atoms with E-state index in [-0.39, 0.29) is 0 Å². The summed E-state index contributed by atoms with van der Waals surface area (Å²) in [6.45, 7) is 1.53. The molecule has 0 amide bonds. The molecule has 3 aromatic rings. The van der Waals surface area contributed by atoms with Crippen molar-refractivity contribution >= 4 is 11.0 Å². The van der Waals surface area contributed by atoms with Crippen LogP contribution in [0.25, 0.3) is 11.0 Å². The second-order valence-corrected chi connectivity index (χ2v) is 4.65. The molecule has 0 saturated carbocycles. The van der Waals surface area contributed by atoms with Gasteiger partial charge in [0.15, 0.2) is 0 Å². The molecule has 3 rings (SSSR count). The molecule has 0 aliphatic carbocycles. The average molecular weight is 267 g/mol. The highest BCUT2D eigenvalue weighted by atomic mass is 16.5. The van der Waals surface area contributed by atoms with Gasteiger partial charge >= 0.3 is 0 Å². The van der Waals surface area contributed by atoms with Gasteiger partial charge in [0, 0.05) is 6.54 Å². The van der Waals surface area contributed by atoms with Gasteiger partial charge in [-0.2, -0.15) is 0 Å². The number of methoxy groups -OCH3 is 1. The Morgan fingerprint density at radius 2 is 1.85 bits per heavy atom. The molecular formula is C16H17N3O. The number of hydrogen-bond donors (Lipinski definition) is 2. The Morgan fingerprint density at radius 1 is 1.05 bits per heavy atom. The van der Waals surface area contributed by atoms with E-state index in [1.54, 1.807) is 7.11 Å². The zero-order valence-corrected chi connectivity index (χ0v) is 11.4. The molecule has 0 bridgehead atoms. The van der Waals surface area contributed by atoms with Crippen LogP contribution in [0.1, 0.15) is 11.4 Å². The Bertz CT molecular complexity index is 655. The highest BCUT2D eigenvalue weighted by Crippen LogP contribution is 2.12. The van der Waals surface area contributed by atoms with Crippen LogP contribution in [0.2, 0.25) is 0 Å². The van der Waals surface area contributed by atoms with Crippen LogP contribution in [0, 0.1) is 0 Å². The fraction of sp³-hybridized carbons (Fsp3) is 0.188. The van der Waals surface area contributed by atoms with Crippen LogP contribution >= 0.6 is 0 Å². The molecule has 4 heteroatoms. The number of nitrogens with zero attached hydrogens (tertiary/aromatic N) is 1. The average Bonchev–Trinajstić information content (AvgIpc) is 2.90. The number of aromatic nitrogens is 2. The van der Waals surface area contributed by atoms with E-state index in [2.05, 4.69) is 27.4 Å². The first-order valence-corrected chi connectivity index (χ1v) is 6.62. The van der Waals surface area contributed by atoms with Gasteiger partial charge in [-0.05, 0) is 29.8 Å². The van der Waals surface area contributed by atoms with Crippen LogP contribution in [0.15, 0.2) is 48.5 Å². The van der Waals surface area contributed by atoms with Crippen molar-refractivity contribution in [2.75, 3.05) is 7.11 Å². The Labute approximate surface area is 117 Å². The summed E-state index contributed by atoms with van der Waals surface area (Å²) in [5.41, 5.74) is 3.31. The SMILES string of the molecule is COc1ccc(CNCc2nc3ccccc3[nH]2)cc1. The number of ether oxygens (including phenoxy) is 1. The maximum absolute atomic E-state index is 5.14. The van der Waals surface area contributed by atoms with Crippen molar-refractivity contribution in [3.05, 3.63) is 59.9 Å². The molecule has 2 N–H and O–H groups in total. The van der Waals surface area contributed by atoms with Gasteiger partial charge in [0.05, 0.1) is 24.7 Å². The smallest absolute Gasteiger partial charge is 0.121 e. The molecule has 0 spiro atoms. The van der Waals surface area contributed by atoms with Crippen molar-refractivity contribution in [1.29, 1.82) is 0 Å². The van der Waals surface area contributed by atoms with E-state index in [0.717, 1.165) is 35.7 Å². The number of fused-ring (bicyclic) bond motifs is 1. The van der Waals surface area contributed by atoms with Crippen molar-refractivity contribution in [3.63, 3.8) is 0 Å². The Hall–Kier alpha value is -2.33. The van der Waals surface area contributed by atoms with Crippen LogP contribution in [-0.4, -0.2) is 17.1 Å². The van der Waals surface area contributed by atoms with E-state index in [1.807, 2.05) is 36.4 Å². The Kier molecular flexibility index (Phi) is 3.65. The number of hydrogen-bond acceptors (Lipinski definition) is 3. The fourth-order valence-corrected chi connectivity index (χ4v) is 2.16. The summed E-state index contributed by atoms with van der Waals surface area (Å²) in [7, 11) is 1.68. The summed E-state index contributed by atoms with van der Waals surface area (Å²) in [5.74, 6) is 1.84. The van der Waals surface area contributed by atoms with Crippen LogP contribution in [0.5, 0.6) is 5.75 Å². The molecule has 102 valence electrons. The van der Waals surface area contributed by atoms with Crippen molar-refractivity contribution in [3.8, 4) is 5.75 Å². The number of para-hydroxylation sites is 2. The van der Waals surface area contributed by atoms with Gasteiger partial charge in [-0.3, -0.25) is 0 Å². The predicted molar refractivity (Wildman–Crippen MR) is 79.6 cm³/mol. The highest BCUT2D eigenvalue weighted by molar-refractivity contribution is 5.74. The predicted octanol–water partition coefficient (Wildman–Crippen LogP) is 2.86. The van der Waals surface area contributed by atoms with Gasteiger partial charge in [0.25, 0.3) is 0 Å². The summed E-state index contributed by atoms with van der Waals surface area (Å²) in [6, 6.07) is 16.1. The van der Waals surface area contributed by atoms with Crippen LogP contribution in [0.4, 0.5) is 0 Å². The lowest BCUT2D eigenvalue weighted by Crippen LogP contribution is -2.13. The van der Waals surface area contributed by atoms with E-state index < -0.39 is 0 Å². The minimum Gasteiger partial charge on any atom is -0.497 e. The second-order valence-electron chi connectivity index (χ2n) is 4.65. The number of H-pyrrole nitrogens is 1. The molecule has 0 aliphatic heterocycles. The first kappa shape index (κ1) is 12.7. The quantitative estimate of drug-likeness (QED) is 0.747. The number of nitrogens with one attached hydrogen (secondary N) is 2. The molecule has 0 atom stereocenters. The Balaban J connectivity index is 1.58. The first-order chi connectivity index (χ1) is 9.85. The lowest BCUT2D eigenvalue weighted by molar-refractivity contribution is 0.414. The van der Waals surface area contributed by atoms with Gasteiger partial charge in [-0.1, -0.05) is 24.3 Å². The number of benzene rings is 2. The molecule has 0 aliphatic rings. The molecule has 0 radical (unpaired) electrons. The minimum absolute atomic E-state index is 0.723. The summed E-state index contributed by atoms with van der Waals surface area (Å²) < 4.78 is 5.14. The number of rotatable bonds is 5. The van der Waals surface area contributed by atoms with Crippen LogP contribution in [0.3, 0.4) is 0 Å². The van der Waals surface area contributed by atoms with E-state index >= 15 is 0 Å². The second kappa shape index (κ2) is 5.75. The topological polar surface area (TPSA) is 49.9 Å². The van der Waals surface area contributed by atoms with E-state index in [9.17, 15) is 0 Å². The molecular weight excluding hydrogens is 250 g/mol. The summed E-state index contributed by atoms with van der Waals surface area (Å²) in [6.07, 6.45) is 0. The molecule has 1 aromatic heterocycles. The maximum atomic E-state index is 5.14. The summed E-state index contributed by atoms with van der Waals surface area (Å²) in [5, 5.41) is 3.38. The Morgan fingerprint density at radius 3 is 2.60 bits per heavy atom. The third-order valence-electron chi connectivity index (χ3n) is 3.22. The minimum atomic E-state index is 0.723. The van der Waals surface area contributed by atoms with Gasteiger partial charge < -0.3 is 15.0 Å². The standard InChI is InChI=1S/C16H17N3O/c1-20-13-8-6-12(7-9-13)10-17-11-16-18-14-4-2-3-5-15(14)19-16/h2-9,17H,10-11H2,1H3,(H,18,19). The maximum Gasteiger partial charge on any atom is 0.121 e. The van der Waals surface area contributed by atoms with E-state index in [4.69, 9.17) is 4.74 Å². The molecule has 0 fully saturated rings. The van der Waals surface area contributed by atoms with Crippen molar-refractivity contribution in [2.24, 2.45) is 0 Å². The normalized spacial score (nSPS) is 10.8. The zero-order valence-electron chi connectivity index (χ0n) is 11.4. The van der Waals surface area contributed by atoms with E-state index in [1.165, 1.54) is 5.56 Å². The van der Waals surface area contributed by atoms with Crippen molar-refractivity contribution in [2.45, 2.75) is 13.1 Å². The molecule has 2 aromatic carbocycles. The lowest BCUT2D eigenvalue weighted by Gasteiger charge is -2.04. The third kappa shape index (κ3) is 2.81. The molecule has 1 heterocycles. The van der Waals surface area contributed by atoms with Gasteiger partial charge in [0.2, 0.25) is 0 Å². The monoisotopic (exact) mass is 267 g/mol. The van der Waals surface area contributed by atoms with Crippen molar-refractivity contribution in [1.82, 2.24) is 15.3 Å². The fourth-order valence-electron chi connectivity index (χ4n) is 2.16. The zero-order chi connectivity index (χ0) is 13.8. The summed E-state index contributed by atoms with van der Waals surface area (Å²) in [4.78, 5) is 7.84. The molecule has 4 nitrogen and oxygen atoms in total. The number of imidazole rings is 1. The van der Waals surface area contributed by atoms with E-state index in [0.29, 0.717) is 0 Å². The van der Waals surface area contributed by atoms with Crippen LogP contribution in [-0.2, 0) is 13.1 Å². The lowest BCUT2D eigenvalue weighted by atomic mass is 10.2. The molecule has 0 unspecified atom stereocenters. The van der Waals surface area contributed by atoms with Gasteiger partial charge in [-0.25, -0.2) is 4.98 Å². The summed E-state index contributed by atoms with van der Waals surface area (Å²) >= 11 is 0. The third-order valence-corrected chi connectivity index (χ3v) is 3.22. The van der Waals surface area contributed by atoms with Crippen molar-refractivity contribution < 1.29 is 4.74 Å². The number of aromatic amines is 1. The molecule has 20 heavy (non-hydrogen) atoms. The first-order valence-electron chi connectivity index (χ1n) is 6.62.